The predicted molar refractivity (Wildman–Crippen MR) is 106 cm³/mol. The molecule has 0 radical (unpaired) electrons. The van der Waals surface area contributed by atoms with Gasteiger partial charge in [-0.1, -0.05) is 18.2 Å². The molecule has 0 saturated heterocycles. The van der Waals surface area contributed by atoms with Crippen LogP contribution >= 0.6 is 11.3 Å². The second-order valence-corrected chi connectivity index (χ2v) is 7.59. The largest absolute Gasteiger partial charge is 0.463 e. The molecule has 2 heterocycles. The lowest BCUT2D eigenvalue weighted by Gasteiger charge is -2.17. The van der Waals surface area contributed by atoms with Crippen molar-refractivity contribution in [2.45, 2.75) is 26.1 Å². The third-order valence-electron chi connectivity index (χ3n) is 4.30. The number of hydrogen-bond acceptors (Lipinski definition) is 4. The summed E-state index contributed by atoms with van der Waals surface area (Å²) in [5.41, 5.74) is 0.935. The average Bonchev–Trinajstić information content (AvgIpc) is 3.37. The number of rotatable bonds is 11. The highest BCUT2D eigenvalue weighted by Gasteiger charge is 2.17. The molecule has 1 unspecified atom stereocenters. The van der Waals surface area contributed by atoms with Gasteiger partial charge in [0, 0.05) is 6.54 Å². The normalized spacial score (nSPS) is 12.1. The second-order valence-electron chi connectivity index (χ2n) is 6.56. The number of hydrogen-bond donors (Lipinski definition) is 2. The van der Waals surface area contributed by atoms with Crippen LogP contribution in [0.2, 0.25) is 0 Å². The zero-order valence-corrected chi connectivity index (χ0v) is 16.6. The Kier molecular flexibility index (Phi) is 7.77. The van der Waals surface area contributed by atoms with Gasteiger partial charge in [-0.2, -0.15) is 8.78 Å². The van der Waals surface area contributed by atoms with Crippen molar-refractivity contribution in [3.63, 3.8) is 0 Å². The zero-order chi connectivity index (χ0) is 20.5. The van der Waals surface area contributed by atoms with Gasteiger partial charge < -0.3 is 19.4 Å². The van der Waals surface area contributed by atoms with Crippen molar-refractivity contribution in [2.24, 2.45) is 0 Å². The Balaban J connectivity index is 1.46. The van der Waals surface area contributed by atoms with Crippen LogP contribution in [0.5, 0.6) is 5.75 Å². The third-order valence-corrected chi connectivity index (χ3v) is 5.18. The van der Waals surface area contributed by atoms with Crippen LogP contribution in [-0.2, 0) is 24.3 Å². The van der Waals surface area contributed by atoms with Gasteiger partial charge in [-0.05, 0) is 47.7 Å². The number of nitrogens with one attached hydrogen (secondary N) is 2. The molecule has 0 bridgehead atoms. The molecule has 154 valence electrons. The number of halogens is 2. The summed E-state index contributed by atoms with van der Waals surface area (Å²) in [6.45, 7) is -0.650. The fraction of sp³-hybridized carbons (Fsp3) is 0.286. The first kappa shape index (κ1) is 21.0. The number of quaternary nitrogens is 1. The van der Waals surface area contributed by atoms with Crippen molar-refractivity contribution in [2.75, 3.05) is 13.1 Å². The van der Waals surface area contributed by atoms with Gasteiger partial charge in [0.05, 0.1) is 11.1 Å². The highest BCUT2D eigenvalue weighted by molar-refractivity contribution is 7.09. The summed E-state index contributed by atoms with van der Waals surface area (Å²) in [7, 11) is 0. The molecule has 8 heteroatoms. The number of carbonyl (C=O) groups excluding carboxylic acids is 1. The molecule has 1 amide bonds. The number of alkyl halides is 2. The maximum absolute atomic E-state index is 12.4. The van der Waals surface area contributed by atoms with Crippen LogP contribution in [0.1, 0.15) is 16.2 Å². The Bertz CT molecular complexity index is 816. The fourth-order valence-corrected chi connectivity index (χ4v) is 3.76. The van der Waals surface area contributed by atoms with E-state index < -0.39 is 6.61 Å². The summed E-state index contributed by atoms with van der Waals surface area (Å²) in [5, 5.41) is 4.95. The minimum absolute atomic E-state index is 0.0410. The molecule has 0 aliphatic heterocycles. The molecule has 29 heavy (non-hydrogen) atoms. The molecule has 1 atom stereocenters. The Morgan fingerprint density at radius 2 is 1.97 bits per heavy atom. The van der Waals surface area contributed by atoms with Crippen molar-refractivity contribution < 1.29 is 27.6 Å². The van der Waals surface area contributed by atoms with Gasteiger partial charge in [0.15, 0.2) is 12.3 Å². The molecule has 0 aliphatic carbocycles. The first-order chi connectivity index (χ1) is 14.1. The molecule has 0 spiro atoms. The van der Waals surface area contributed by atoms with Gasteiger partial charge in [-0.25, -0.2) is 0 Å². The number of benzene rings is 1. The van der Waals surface area contributed by atoms with Crippen molar-refractivity contribution in [1.82, 2.24) is 5.32 Å². The lowest BCUT2D eigenvalue weighted by Crippen LogP contribution is -3.10. The predicted octanol–water partition coefficient (Wildman–Crippen LogP) is 2.89. The molecule has 2 aromatic heterocycles. The van der Waals surface area contributed by atoms with Crippen LogP contribution in [-0.4, -0.2) is 25.6 Å². The highest BCUT2D eigenvalue weighted by Crippen LogP contribution is 2.15. The van der Waals surface area contributed by atoms with Crippen LogP contribution in [0.3, 0.4) is 0 Å². The third kappa shape index (κ3) is 7.32. The van der Waals surface area contributed by atoms with E-state index in [1.165, 1.54) is 17.0 Å². The van der Waals surface area contributed by atoms with E-state index in [9.17, 15) is 13.6 Å². The molecule has 0 aliphatic rings. The molecular formula is C21H23F2N2O3S+. The minimum Gasteiger partial charge on any atom is -0.463 e. The van der Waals surface area contributed by atoms with Gasteiger partial charge >= 0.3 is 6.61 Å². The Morgan fingerprint density at radius 3 is 2.62 bits per heavy atom. The summed E-state index contributed by atoms with van der Waals surface area (Å²) in [6.07, 6.45) is 2.24. The van der Waals surface area contributed by atoms with Crippen LogP contribution < -0.4 is 15.0 Å². The number of thiophene rings is 1. The molecule has 0 saturated carbocycles. The molecule has 5 nitrogen and oxygen atoms in total. The van der Waals surface area contributed by atoms with Crippen LogP contribution in [0, 0.1) is 0 Å². The summed E-state index contributed by atoms with van der Waals surface area (Å²) in [4.78, 5) is 14.7. The van der Waals surface area contributed by atoms with Gasteiger partial charge in [0.1, 0.15) is 18.8 Å². The number of carbonyl (C=O) groups is 1. The van der Waals surface area contributed by atoms with E-state index in [1.807, 2.05) is 23.6 Å². The van der Waals surface area contributed by atoms with Crippen molar-refractivity contribution in [1.29, 1.82) is 0 Å². The average molecular weight is 421 g/mol. The monoisotopic (exact) mass is 421 g/mol. The van der Waals surface area contributed by atoms with Gasteiger partial charge in [0.2, 0.25) is 0 Å². The summed E-state index contributed by atoms with van der Waals surface area (Å²) >= 11 is 1.67. The second kappa shape index (κ2) is 10.7. The lowest BCUT2D eigenvalue weighted by atomic mass is 10.1. The van der Waals surface area contributed by atoms with Gasteiger partial charge in [-0.15, -0.1) is 11.3 Å². The zero-order valence-electron chi connectivity index (χ0n) is 15.8. The summed E-state index contributed by atoms with van der Waals surface area (Å²) in [5.74, 6) is 0.926. The van der Waals surface area contributed by atoms with Gasteiger partial charge in [0.25, 0.3) is 5.91 Å². The van der Waals surface area contributed by atoms with E-state index in [0.29, 0.717) is 26.1 Å². The topological polar surface area (TPSA) is 55.9 Å². The molecule has 1 aromatic carbocycles. The molecule has 2 N–H and O–H groups in total. The number of amides is 1. The lowest BCUT2D eigenvalue weighted by molar-refractivity contribution is -0.920. The van der Waals surface area contributed by atoms with Gasteiger partial charge in [-0.3, -0.25) is 4.79 Å². The van der Waals surface area contributed by atoms with E-state index in [2.05, 4.69) is 16.1 Å². The van der Waals surface area contributed by atoms with Crippen LogP contribution in [0.4, 0.5) is 8.78 Å². The Morgan fingerprint density at radius 1 is 1.14 bits per heavy atom. The number of furan rings is 1. The Hall–Kier alpha value is -2.71. The summed E-state index contributed by atoms with van der Waals surface area (Å²) < 4.78 is 34.1. The summed E-state index contributed by atoms with van der Waals surface area (Å²) in [6, 6.07) is 14.3. The molecule has 3 aromatic rings. The maximum atomic E-state index is 12.4. The quantitative estimate of drug-likeness (QED) is 0.501. The van der Waals surface area contributed by atoms with E-state index >= 15 is 0 Å². The van der Waals surface area contributed by atoms with Crippen molar-refractivity contribution in [3.8, 4) is 5.75 Å². The standard InChI is InChI=1S/C21H22F2N2O3S/c22-21(23)28-17-7-5-16(6-8-17)9-10-24-20(26)15-25(13-18-3-1-11-27-18)14-19-4-2-12-29-19/h1-8,11-12,21H,9-10,13-15H2,(H,24,26)/p+1. The van der Waals surface area contributed by atoms with E-state index in [1.54, 1.807) is 29.7 Å². The van der Waals surface area contributed by atoms with Crippen LogP contribution in [0.25, 0.3) is 0 Å². The maximum Gasteiger partial charge on any atom is 0.387 e. The van der Waals surface area contributed by atoms with E-state index in [-0.39, 0.29) is 11.7 Å². The minimum atomic E-state index is -2.83. The first-order valence-electron chi connectivity index (χ1n) is 9.27. The molecule has 0 fully saturated rings. The van der Waals surface area contributed by atoms with Crippen LogP contribution in [0.15, 0.2) is 64.6 Å². The SMILES string of the molecule is O=C(C[NH+](Cc1ccco1)Cc1cccs1)NCCc1ccc(OC(F)F)cc1. The smallest absolute Gasteiger partial charge is 0.387 e. The molecule has 3 rings (SSSR count). The van der Waals surface area contributed by atoms with E-state index in [4.69, 9.17) is 4.42 Å². The highest BCUT2D eigenvalue weighted by atomic mass is 32.1. The first-order valence-corrected chi connectivity index (χ1v) is 10.2. The Labute approximate surface area is 171 Å². The fourth-order valence-electron chi connectivity index (χ4n) is 2.98. The van der Waals surface area contributed by atoms with Crippen molar-refractivity contribution >= 4 is 17.2 Å². The van der Waals surface area contributed by atoms with Crippen molar-refractivity contribution in [3.05, 3.63) is 76.4 Å². The number of ether oxygens (including phenoxy) is 1. The van der Waals surface area contributed by atoms with E-state index in [0.717, 1.165) is 22.8 Å². The molecular weight excluding hydrogens is 398 g/mol.